The van der Waals surface area contributed by atoms with Crippen molar-refractivity contribution in [1.29, 1.82) is 0 Å². The first-order chi connectivity index (χ1) is 9.70. The van der Waals surface area contributed by atoms with E-state index < -0.39 is 0 Å². The number of nitrogens with zero attached hydrogens (tertiary/aromatic N) is 3. The number of benzene rings is 1. The minimum Gasteiger partial charge on any atom is -0.494 e. The van der Waals surface area contributed by atoms with Crippen LogP contribution >= 0.6 is 0 Å². The van der Waals surface area contributed by atoms with E-state index in [0.29, 0.717) is 12.3 Å². The third-order valence-corrected chi connectivity index (χ3v) is 3.18. The van der Waals surface area contributed by atoms with Gasteiger partial charge in [0.05, 0.1) is 12.3 Å². The molecule has 0 saturated carbocycles. The average Bonchev–Trinajstić information content (AvgIpc) is 2.81. The summed E-state index contributed by atoms with van der Waals surface area (Å²) in [5.74, 6) is 0.899. The predicted octanol–water partition coefficient (Wildman–Crippen LogP) is 2.57. The number of ether oxygens (including phenoxy) is 1. The molecule has 0 aliphatic heterocycles. The molecule has 5 nitrogen and oxygen atoms in total. The van der Waals surface area contributed by atoms with Gasteiger partial charge < -0.3 is 4.74 Å². The maximum atomic E-state index is 10.7. The lowest BCUT2D eigenvalue weighted by atomic mass is 10.2. The van der Waals surface area contributed by atoms with Crippen LogP contribution in [0.5, 0.6) is 5.75 Å². The van der Waals surface area contributed by atoms with Gasteiger partial charge in [-0.1, -0.05) is 22.9 Å². The first kappa shape index (κ1) is 14.2. The quantitative estimate of drug-likeness (QED) is 0.574. The highest BCUT2D eigenvalue weighted by Crippen LogP contribution is 2.12. The second-order valence-electron chi connectivity index (χ2n) is 4.77. The summed E-state index contributed by atoms with van der Waals surface area (Å²) in [6.07, 6.45) is 2.61. The van der Waals surface area contributed by atoms with E-state index in [2.05, 4.69) is 17.2 Å². The Labute approximate surface area is 118 Å². The third kappa shape index (κ3) is 3.66. The minimum absolute atomic E-state index is 0.418. The summed E-state index contributed by atoms with van der Waals surface area (Å²) in [5, 5.41) is 7.75. The van der Waals surface area contributed by atoms with Crippen molar-refractivity contribution in [3.63, 3.8) is 0 Å². The molecule has 5 heteroatoms. The van der Waals surface area contributed by atoms with Crippen molar-refractivity contribution < 1.29 is 9.53 Å². The van der Waals surface area contributed by atoms with E-state index in [-0.39, 0.29) is 0 Å². The van der Waals surface area contributed by atoms with Crippen molar-refractivity contribution in [2.45, 2.75) is 33.2 Å². The number of carbonyl (C=O) groups excluding carboxylic acids is 1. The van der Waals surface area contributed by atoms with Crippen molar-refractivity contribution in [1.82, 2.24) is 15.0 Å². The van der Waals surface area contributed by atoms with Gasteiger partial charge in [-0.15, -0.1) is 5.10 Å². The zero-order valence-electron chi connectivity index (χ0n) is 11.9. The van der Waals surface area contributed by atoms with Crippen molar-refractivity contribution in [2.24, 2.45) is 0 Å². The Kier molecular flexibility index (Phi) is 4.87. The Hall–Kier alpha value is -2.17. The molecule has 0 radical (unpaired) electrons. The number of aldehydes is 1. The Balaban J connectivity index is 1.70. The highest BCUT2D eigenvalue weighted by molar-refractivity contribution is 5.72. The highest BCUT2D eigenvalue weighted by Gasteiger charge is 2.06. The van der Waals surface area contributed by atoms with Crippen LogP contribution in [0.15, 0.2) is 24.3 Å². The fourth-order valence-corrected chi connectivity index (χ4v) is 1.88. The smallest absolute Gasteiger partial charge is 0.172 e. The summed E-state index contributed by atoms with van der Waals surface area (Å²) in [4.78, 5) is 10.7. The van der Waals surface area contributed by atoms with E-state index in [1.807, 2.05) is 31.2 Å². The molecule has 1 heterocycles. The van der Waals surface area contributed by atoms with E-state index >= 15 is 0 Å². The summed E-state index contributed by atoms with van der Waals surface area (Å²) in [6.45, 7) is 5.34. The van der Waals surface area contributed by atoms with Gasteiger partial charge in [-0.2, -0.15) is 0 Å². The molecule has 2 aromatic rings. The van der Waals surface area contributed by atoms with E-state index in [4.69, 9.17) is 4.74 Å². The number of aromatic nitrogens is 3. The van der Waals surface area contributed by atoms with Crippen LogP contribution in [0.3, 0.4) is 0 Å². The number of hydrogen-bond donors (Lipinski definition) is 0. The molecule has 0 aliphatic carbocycles. The number of aryl methyl sites for hydroxylation is 2. The number of rotatable bonds is 7. The van der Waals surface area contributed by atoms with Gasteiger partial charge in [-0.3, -0.25) is 4.79 Å². The molecule has 0 spiro atoms. The molecule has 0 N–H and O–H groups in total. The monoisotopic (exact) mass is 273 g/mol. The van der Waals surface area contributed by atoms with Gasteiger partial charge in [0, 0.05) is 6.54 Å². The maximum Gasteiger partial charge on any atom is 0.172 e. The normalized spacial score (nSPS) is 10.5. The van der Waals surface area contributed by atoms with Crippen molar-refractivity contribution in [3.05, 3.63) is 41.2 Å². The summed E-state index contributed by atoms with van der Waals surface area (Å²) in [5.41, 5.74) is 2.46. The lowest BCUT2D eigenvalue weighted by Crippen LogP contribution is -2.05. The zero-order chi connectivity index (χ0) is 14.4. The van der Waals surface area contributed by atoms with Gasteiger partial charge in [0.25, 0.3) is 0 Å². The number of unbranched alkanes of at least 4 members (excludes halogenated alkanes) is 1. The Morgan fingerprint density at radius 2 is 1.95 bits per heavy atom. The number of carbonyl (C=O) groups is 1. The topological polar surface area (TPSA) is 57.0 Å². The van der Waals surface area contributed by atoms with E-state index in [9.17, 15) is 4.79 Å². The lowest BCUT2D eigenvalue weighted by molar-refractivity contribution is 0.111. The van der Waals surface area contributed by atoms with Gasteiger partial charge in [0.2, 0.25) is 0 Å². The fourth-order valence-electron chi connectivity index (χ4n) is 1.88. The number of hydrogen-bond acceptors (Lipinski definition) is 4. The molecule has 106 valence electrons. The molecule has 1 aromatic heterocycles. The standard InChI is InChI=1S/C15H19N3O2/c1-12-5-7-14(8-6-12)20-10-4-3-9-18-13(2)15(11-19)16-17-18/h5-8,11H,3-4,9-10H2,1-2H3. The molecule has 1 aromatic carbocycles. The summed E-state index contributed by atoms with van der Waals surface area (Å²) in [6, 6.07) is 8.03. The lowest BCUT2D eigenvalue weighted by Gasteiger charge is -2.07. The van der Waals surface area contributed by atoms with E-state index in [1.165, 1.54) is 5.56 Å². The van der Waals surface area contributed by atoms with Crippen LogP contribution in [0.1, 0.15) is 34.6 Å². The Morgan fingerprint density at radius 1 is 1.20 bits per heavy atom. The predicted molar refractivity (Wildman–Crippen MR) is 76.1 cm³/mol. The minimum atomic E-state index is 0.418. The van der Waals surface area contributed by atoms with Crippen molar-refractivity contribution >= 4 is 6.29 Å². The van der Waals surface area contributed by atoms with Gasteiger partial charge in [-0.05, 0) is 38.8 Å². The zero-order valence-corrected chi connectivity index (χ0v) is 11.9. The summed E-state index contributed by atoms with van der Waals surface area (Å²) < 4.78 is 7.41. The largest absolute Gasteiger partial charge is 0.494 e. The van der Waals surface area contributed by atoms with Crippen molar-refractivity contribution in [2.75, 3.05) is 6.61 Å². The Bertz CT molecular complexity index is 561. The molecule has 0 aliphatic rings. The van der Waals surface area contributed by atoms with Gasteiger partial charge in [0.15, 0.2) is 6.29 Å². The SMILES string of the molecule is Cc1ccc(OCCCCn2nnc(C=O)c2C)cc1. The molecular weight excluding hydrogens is 254 g/mol. The van der Waals surface area contributed by atoms with Crippen LogP contribution in [0.25, 0.3) is 0 Å². The third-order valence-electron chi connectivity index (χ3n) is 3.18. The van der Waals surface area contributed by atoms with E-state index in [1.54, 1.807) is 4.68 Å². The Morgan fingerprint density at radius 3 is 2.60 bits per heavy atom. The van der Waals surface area contributed by atoms with Crippen LogP contribution in [0.2, 0.25) is 0 Å². The summed E-state index contributed by atoms with van der Waals surface area (Å²) in [7, 11) is 0. The molecule has 0 saturated heterocycles. The van der Waals surface area contributed by atoms with E-state index in [0.717, 1.165) is 37.1 Å². The second kappa shape index (κ2) is 6.84. The summed E-state index contributed by atoms with van der Waals surface area (Å²) >= 11 is 0. The van der Waals surface area contributed by atoms with Crippen LogP contribution < -0.4 is 4.74 Å². The van der Waals surface area contributed by atoms with Crippen LogP contribution in [0, 0.1) is 13.8 Å². The first-order valence-electron chi connectivity index (χ1n) is 6.75. The van der Waals surface area contributed by atoms with Gasteiger partial charge >= 0.3 is 0 Å². The molecule has 0 atom stereocenters. The van der Waals surface area contributed by atoms with Crippen LogP contribution in [-0.2, 0) is 6.54 Å². The fraction of sp³-hybridized carbons (Fsp3) is 0.400. The second-order valence-corrected chi connectivity index (χ2v) is 4.77. The first-order valence-corrected chi connectivity index (χ1v) is 6.75. The molecular formula is C15H19N3O2. The maximum absolute atomic E-state index is 10.7. The average molecular weight is 273 g/mol. The van der Waals surface area contributed by atoms with Gasteiger partial charge in [0.1, 0.15) is 11.4 Å². The van der Waals surface area contributed by atoms with Crippen molar-refractivity contribution in [3.8, 4) is 5.75 Å². The van der Waals surface area contributed by atoms with Gasteiger partial charge in [-0.25, -0.2) is 4.68 Å². The van der Waals surface area contributed by atoms with Crippen LogP contribution in [-0.4, -0.2) is 27.9 Å². The highest BCUT2D eigenvalue weighted by atomic mass is 16.5. The molecule has 20 heavy (non-hydrogen) atoms. The molecule has 2 rings (SSSR count). The molecule has 0 unspecified atom stereocenters. The molecule has 0 amide bonds. The molecule has 0 bridgehead atoms. The molecule has 0 fully saturated rings. The van der Waals surface area contributed by atoms with Crippen LogP contribution in [0.4, 0.5) is 0 Å².